The third kappa shape index (κ3) is 5.76. The zero-order chi connectivity index (χ0) is 25.2. The van der Waals surface area contributed by atoms with Crippen LogP contribution in [0.3, 0.4) is 0 Å². The van der Waals surface area contributed by atoms with Gasteiger partial charge in [0.15, 0.2) is 6.04 Å². The predicted octanol–water partition coefficient (Wildman–Crippen LogP) is 2.00. The van der Waals surface area contributed by atoms with Crippen LogP contribution in [0.15, 0.2) is 42.5 Å². The van der Waals surface area contributed by atoms with E-state index in [-0.39, 0.29) is 37.0 Å². The van der Waals surface area contributed by atoms with E-state index in [1.165, 1.54) is 4.90 Å². The molecule has 0 spiro atoms. The topological polar surface area (TPSA) is 113 Å². The van der Waals surface area contributed by atoms with Crippen LogP contribution in [0.1, 0.15) is 25.3 Å². The van der Waals surface area contributed by atoms with Crippen LogP contribution in [0.25, 0.3) is 0 Å². The first-order valence-electron chi connectivity index (χ1n) is 11.0. The van der Waals surface area contributed by atoms with Gasteiger partial charge in [0, 0.05) is 12.8 Å². The number of rotatable bonds is 9. The lowest BCUT2D eigenvalue weighted by molar-refractivity contribution is -0.159. The highest BCUT2D eigenvalue weighted by molar-refractivity contribution is 7.98. The van der Waals surface area contributed by atoms with Gasteiger partial charge in [-0.3, -0.25) is 24.0 Å². The van der Waals surface area contributed by atoms with Gasteiger partial charge in [0.2, 0.25) is 31.9 Å². The summed E-state index contributed by atoms with van der Waals surface area (Å²) in [5.41, 5.74) is 1.16. The van der Waals surface area contributed by atoms with Crippen molar-refractivity contribution in [3.05, 3.63) is 48.0 Å². The number of nitrogens with zero attached hydrogens (tertiary/aromatic N) is 2. The fraction of sp³-hybridized carbons (Fsp3) is 0.435. The summed E-state index contributed by atoms with van der Waals surface area (Å²) in [6, 6.07) is 6.95. The van der Waals surface area contributed by atoms with Crippen LogP contribution >= 0.6 is 11.9 Å². The molecule has 0 bridgehead atoms. The summed E-state index contributed by atoms with van der Waals surface area (Å²) in [5, 5.41) is 1.85. The normalized spacial score (nSPS) is 21.2. The van der Waals surface area contributed by atoms with Crippen LogP contribution < -0.4 is 5.32 Å². The average Bonchev–Trinajstić information content (AvgIpc) is 3.05. The van der Waals surface area contributed by atoms with E-state index in [1.54, 1.807) is 19.1 Å². The molecule has 2 aliphatic heterocycles. The second-order valence-corrected chi connectivity index (χ2v) is 14.8. The van der Waals surface area contributed by atoms with Gasteiger partial charge in [0.05, 0.1) is 6.42 Å². The lowest BCUT2D eigenvalue weighted by Gasteiger charge is -2.50. The molecule has 4 amide bonds. The predicted molar refractivity (Wildman–Crippen MR) is 129 cm³/mol. The van der Waals surface area contributed by atoms with Gasteiger partial charge in [0.25, 0.3) is 0 Å². The molecule has 0 aliphatic carbocycles. The molecule has 2 fully saturated rings. The van der Waals surface area contributed by atoms with Crippen LogP contribution in [0, 0.1) is 0 Å². The second-order valence-electron chi connectivity index (χ2n) is 9.31. The molecule has 0 aromatic heterocycles. The first kappa shape index (κ1) is 25.7. The van der Waals surface area contributed by atoms with Crippen molar-refractivity contribution < 1.29 is 28.4 Å². The summed E-state index contributed by atoms with van der Waals surface area (Å²) in [4.78, 5) is 64.5. The quantitative estimate of drug-likeness (QED) is 0.180. The van der Waals surface area contributed by atoms with E-state index < -0.39 is 37.7 Å². The zero-order valence-corrected chi connectivity index (χ0v) is 21.5. The largest absolute Gasteiger partial charge is 0.518 e. The number of carbonyl (C=O) groups excluding carboxylic acids is 5. The summed E-state index contributed by atoms with van der Waals surface area (Å²) in [7, 11) is -2.28. The molecule has 2 saturated heterocycles. The minimum absolute atomic E-state index is 0.0607. The van der Waals surface area contributed by atoms with Gasteiger partial charge in [-0.1, -0.05) is 36.9 Å². The molecule has 1 aromatic carbocycles. The summed E-state index contributed by atoms with van der Waals surface area (Å²) >= 11 is 0.847. The van der Waals surface area contributed by atoms with Gasteiger partial charge in [0.1, 0.15) is 11.4 Å². The van der Waals surface area contributed by atoms with Gasteiger partial charge in [-0.05, 0) is 49.6 Å². The fourth-order valence-corrected chi connectivity index (χ4v) is 5.68. The maximum absolute atomic E-state index is 13.2. The highest BCUT2D eigenvalue weighted by atomic mass is 32.2. The molecule has 3 atom stereocenters. The molecule has 2 heterocycles. The molecular weight excluding hydrogens is 474 g/mol. The molecule has 2 aliphatic rings. The Morgan fingerprint density at radius 1 is 1.15 bits per heavy atom. The van der Waals surface area contributed by atoms with E-state index in [9.17, 15) is 24.0 Å². The van der Waals surface area contributed by atoms with Gasteiger partial charge >= 0.3 is 5.97 Å². The maximum Gasteiger partial charge on any atom is 0.319 e. The Hall–Kier alpha value is -2.92. The number of carbonyl (C=O) groups is 5. The molecule has 3 unspecified atom stereocenters. The monoisotopic (exact) mass is 503 g/mol. The summed E-state index contributed by atoms with van der Waals surface area (Å²) in [6.45, 7) is 11.0. The molecule has 0 radical (unpaired) electrons. The number of likely N-dealkylation sites (tertiary alicyclic amines) is 1. The van der Waals surface area contributed by atoms with E-state index in [0.717, 1.165) is 21.8 Å². The third-order valence-electron chi connectivity index (χ3n) is 5.20. The minimum Gasteiger partial charge on any atom is -0.518 e. The fourth-order valence-electron chi connectivity index (χ4n) is 3.70. The van der Waals surface area contributed by atoms with Gasteiger partial charge in [-0.25, -0.2) is 4.31 Å². The Kier molecular flexibility index (Phi) is 7.66. The molecule has 34 heavy (non-hydrogen) atoms. The number of nitrogens with one attached hydrogen (secondary N) is 1. The Labute approximate surface area is 204 Å². The zero-order valence-electron chi connectivity index (χ0n) is 19.7. The summed E-state index contributed by atoms with van der Waals surface area (Å²) in [5.74, 6) is -2.25. The molecule has 11 heteroatoms. The van der Waals surface area contributed by atoms with Crippen molar-refractivity contribution in [1.29, 1.82) is 0 Å². The van der Waals surface area contributed by atoms with Crippen molar-refractivity contribution in [2.75, 3.05) is 0 Å². The lowest BCUT2D eigenvalue weighted by atomic mass is 9.99. The van der Waals surface area contributed by atoms with E-state index in [0.29, 0.717) is 5.57 Å². The molecule has 0 saturated carbocycles. The number of hydrogen-bond acceptors (Lipinski definition) is 7. The minimum atomic E-state index is -2.28. The molecule has 1 aromatic rings. The van der Waals surface area contributed by atoms with E-state index >= 15 is 0 Å². The number of amides is 4. The summed E-state index contributed by atoms with van der Waals surface area (Å²) < 4.78 is 6.64. The molecule has 1 N–H and O–H groups in total. The average molecular weight is 504 g/mol. The molecule has 3 rings (SSSR count). The van der Waals surface area contributed by atoms with Crippen molar-refractivity contribution in [2.24, 2.45) is 0 Å². The Bertz CT molecular complexity index is 1010. The SMILES string of the molecule is C=C(C)C(C(=O)O[Si](C)(C)C)N1C(=O)C(NC(=O)Cc2ccccc2)C1SN1C(=O)CCC1=O. The van der Waals surface area contributed by atoms with Crippen LogP contribution in [0.5, 0.6) is 0 Å². The van der Waals surface area contributed by atoms with Crippen molar-refractivity contribution in [3.63, 3.8) is 0 Å². The van der Waals surface area contributed by atoms with E-state index in [2.05, 4.69) is 11.9 Å². The second kappa shape index (κ2) is 10.1. The van der Waals surface area contributed by atoms with Gasteiger partial charge in [-0.2, -0.15) is 0 Å². The molecular formula is C23H29N3O6SSi. The smallest absolute Gasteiger partial charge is 0.319 e. The van der Waals surface area contributed by atoms with Crippen LogP contribution in [-0.4, -0.2) is 64.6 Å². The van der Waals surface area contributed by atoms with Crippen LogP contribution in [-0.2, 0) is 34.8 Å². The van der Waals surface area contributed by atoms with E-state index in [1.807, 2.05) is 37.8 Å². The third-order valence-corrected chi connectivity index (χ3v) is 7.34. The van der Waals surface area contributed by atoms with E-state index in [4.69, 9.17) is 4.43 Å². The number of imide groups is 1. The lowest BCUT2D eigenvalue weighted by Crippen LogP contribution is -2.73. The first-order valence-corrected chi connectivity index (χ1v) is 15.2. The van der Waals surface area contributed by atoms with Crippen LogP contribution in [0.4, 0.5) is 0 Å². The maximum atomic E-state index is 13.2. The first-order chi connectivity index (χ1) is 15.9. The highest BCUT2D eigenvalue weighted by Gasteiger charge is 2.56. The van der Waals surface area contributed by atoms with Crippen molar-refractivity contribution in [3.8, 4) is 0 Å². The van der Waals surface area contributed by atoms with Crippen LogP contribution in [0.2, 0.25) is 19.6 Å². The number of benzene rings is 1. The Balaban J connectivity index is 1.84. The molecule has 182 valence electrons. The van der Waals surface area contributed by atoms with Crippen molar-refractivity contribution in [1.82, 2.24) is 14.5 Å². The summed E-state index contributed by atoms with van der Waals surface area (Å²) in [6.07, 6.45) is 0.226. The van der Waals surface area contributed by atoms with Gasteiger partial charge < -0.3 is 14.6 Å². The Morgan fingerprint density at radius 3 is 2.26 bits per heavy atom. The van der Waals surface area contributed by atoms with Gasteiger partial charge in [-0.15, -0.1) is 0 Å². The number of β-lactam (4-membered cyclic amide) rings is 1. The standard InChI is InChI=1S/C23H29N3O6SSi/c1-14(2)20(23(31)32-34(3,4)5)25-21(30)19(22(25)33-26-17(28)11-12-18(26)29)24-16(27)13-15-9-7-6-8-10-15/h6-10,19-20,22H,1,11-13H2,2-5H3,(H,24,27). The van der Waals surface area contributed by atoms with Crippen molar-refractivity contribution in [2.45, 2.75) is 63.3 Å². The molecule has 9 nitrogen and oxygen atoms in total. The van der Waals surface area contributed by atoms with Crippen molar-refractivity contribution >= 4 is 49.9 Å². The Morgan fingerprint density at radius 2 is 1.74 bits per heavy atom. The highest BCUT2D eigenvalue weighted by Crippen LogP contribution is 2.38. The number of hydrogen-bond donors (Lipinski definition) is 1.